The summed E-state index contributed by atoms with van der Waals surface area (Å²) >= 11 is 4.31. The third-order valence-electron chi connectivity index (χ3n) is 4.09. The summed E-state index contributed by atoms with van der Waals surface area (Å²) in [5, 5.41) is 10.6. The van der Waals surface area contributed by atoms with Crippen molar-refractivity contribution in [3.63, 3.8) is 0 Å². The number of nitrogens with zero attached hydrogens (tertiary/aromatic N) is 2. The van der Waals surface area contributed by atoms with Crippen LogP contribution >= 0.6 is 27.7 Å². The Kier molecular flexibility index (Phi) is 6.71. The second-order valence-corrected chi connectivity index (χ2v) is 8.14. The van der Waals surface area contributed by atoms with E-state index in [9.17, 15) is 19.7 Å². The number of carbonyl (C=O) groups excluding carboxylic acids is 2. The molecule has 0 unspecified atom stereocenters. The number of benzene rings is 2. The zero-order valence-electron chi connectivity index (χ0n) is 15.5. The smallest absolute Gasteiger partial charge is 0.293 e. The lowest BCUT2D eigenvalue weighted by atomic mass is 10.1. The molecule has 1 aliphatic heterocycles. The molecule has 0 N–H and O–H groups in total. The van der Waals surface area contributed by atoms with Crippen LogP contribution in [0.1, 0.15) is 24.5 Å². The van der Waals surface area contributed by atoms with E-state index < -0.39 is 4.92 Å². The Balaban J connectivity index is 1.83. The number of ether oxygens (including phenoxy) is 1. The lowest BCUT2D eigenvalue weighted by Gasteiger charge is -2.11. The van der Waals surface area contributed by atoms with Crippen LogP contribution in [0.15, 0.2) is 51.8 Å². The lowest BCUT2D eigenvalue weighted by molar-refractivity contribution is -0.384. The number of halogens is 1. The van der Waals surface area contributed by atoms with Crippen LogP contribution < -0.4 is 4.74 Å². The number of rotatable bonds is 7. The molecule has 2 amide bonds. The van der Waals surface area contributed by atoms with Crippen LogP contribution in [0.2, 0.25) is 0 Å². The van der Waals surface area contributed by atoms with E-state index in [0.29, 0.717) is 34.7 Å². The van der Waals surface area contributed by atoms with E-state index in [2.05, 4.69) is 15.9 Å². The SMILES string of the molecule is CCCN1C(=O)S/C(=C/c2cc(Br)ccc2OCc2cccc([N+](=O)[O-])c2)C1=O. The van der Waals surface area contributed by atoms with Crippen molar-refractivity contribution in [3.05, 3.63) is 73.1 Å². The van der Waals surface area contributed by atoms with Gasteiger partial charge < -0.3 is 4.74 Å². The highest BCUT2D eigenvalue weighted by atomic mass is 79.9. The predicted octanol–water partition coefficient (Wildman–Crippen LogP) is 5.38. The van der Waals surface area contributed by atoms with Gasteiger partial charge in [-0.3, -0.25) is 24.6 Å². The largest absolute Gasteiger partial charge is 0.488 e. The maximum absolute atomic E-state index is 12.5. The molecule has 0 atom stereocenters. The molecule has 1 fully saturated rings. The van der Waals surface area contributed by atoms with Gasteiger partial charge in [-0.15, -0.1) is 0 Å². The fourth-order valence-corrected chi connectivity index (χ4v) is 3.98. The first-order valence-corrected chi connectivity index (χ1v) is 10.4. The van der Waals surface area contributed by atoms with E-state index in [1.54, 1.807) is 36.4 Å². The molecule has 2 aromatic carbocycles. The lowest BCUT2D eigenvalue weighted by Crippen LogP contribution is -2.28. The van der Waals surface area contributed by atoms with Gasteiger partial charge in [0.1, 0.15) is 12.4 Å². The molecule has 1 saturated heterocycles. The average molecular weight is 477 g/mol. The van der Waals surface area contributed by atoms with Crippen molar-refractivity contribution >= 4 is 50.6 Å². The first kappa shape index (κ1) is 21.1. The van der Waals surface area contributed by atoms with Gasteiger partial charge in [-0.25, -0.2) is 0 Å². The molecule has 29 heavy (non-hydrogen) atoms. The van der Waals surface area contributed by atoms with Crippen LogP contribution in [-0.4, -0.2) is 27.5 Å². The van der Waals surface area contributed by atoms with Gasteiger partial charge >= 0.3 is 0 Å². The summed E-state index contributed by atoms with van der Waals surface area (Å²) in [6, 6.07) is 11.5. The van der Waals surface area contributed by atoms with Crippen molar-refractivity contribution in [1.29, 1.82) is 0 Å². The molecular formula is C20H17BrN2O5S. The van der Waals surface area contributed by atoms with Crippen molar-refractivity contribution in [1.82, 2.24) is 4.90 Å². The molecular weight excluding hydrogens is 460 g/mol. The second kappa shape index (κ2) is 9.23. The van der Waals surface area contributed by atoms with Gasteiger partial charge in [0.25, 0.3) is 16.8 Å². The zero-order valence-corrected chi connectivity index (χ0v) is 17.9. The molecule has 0 aliphatic carbocycles. The molecule has 0 aromatic heterocycles. The third kappa shape index (κ3) is 5.04. The Morgan fingerprint density at radius 1 is 1.24 bits per heavy atom. The number of imide groups is 1. The molecule has 7 nitrogen and oxygen atoms in total. The van der Waals surface area contributed by atoms with Crippen LogP contribution in [-0.2, 0) is 11.4 Å². The molecule has 0 spiro atoms. The fraction of sp³-hybridized carbons (Fsp3) is 0.200. The van der Waals surface area contributed by atoms with Gasteiger partial charge in [0, 0.05) is 28.7 Å². The van der Waals surface area contributed by atoms with E-state index in [1.165, 1.54) is 17.0 Å². The van der Waals surface area contributed by atoms with Gasteiger partial charge in [-0.05, 0) is 48.0 Å². The summed E-state index contributed by atoms with van der Waals surface area (Å²) in [7, 11) is 0. The minimum absolute atomic E-state index is 0.00766. The molecule has 0 saturated carbocycles. The van der Waals surface area contributed by atoms with Crippen LogP contribution in [0.3, 0.4) is 0 Å². The highest BCUT2D eigenvalue weighted by Gasteiger charge is 2.34. The zero-order chi connectivity index (χ0) is 21.0. The number of hydrogen-bond acceptors (Lipinski definition) is 6. The van der Waals surface area contributed by atoms with E-state index >= 15 is 0 Å². The summed E-state index contributed by atoms with van der Waals surface area (Å²) in [6.07, 6.45) is 2.33. The first-order valence-electron chi connectivity index (χ1n) is 8.80. The molecule has 3 rings (SSSR count). The van der Waals surface area contributed by atoms with Crippen molar-refractivity contribution in [2.24, 2.45) is 0 Å². The highest BCUT2D eigenvalue weighted by Crippen LogP contribution is 2.35. The summed E-state index contributed by atoms with van der Waals surface area (Å²) in [6.45, 7) is 2.42. The normalized spacial score (nSPS) is 15.2. The molecule has 9 heteroatoms. The van der Waals surface area contributed by atoms with Gasteiger partial charge in [0.05, 0.1) is 9.83 Å². The minimum atomic E-state index is -0.457. The molecule has 2 aromatic rings. The number of nitro benzene ring substituents is 1. The highest BCUT2D eigenvalue weighted by molar-refractivity contribution is 9.10. The van der Waals surface area contributed by atoms with Crippen molar-refractivity contribution in [2.45, 2.75) is 20.0 Å². The number of nitro groups is 1. The number of hydrogen-bond donors (Lipinski definition) is 0. The van der Waals surface area contributed by atoms with Crippen LogP contribution in [0.5, 0.6) is 5.75 Å². The average Bonchev–Trinajstić information content (AvgIpc) is 2.95. The number of non-ortho nitro benzene ring substituents is 1. The predicted molar refractivity (Wildman–Crippen MR) is 115 cm³/mol. The topological polar surface area (TPSA) is 89.8 Å². The number of thioether (sulfide) groups is 1. The van der Waals surface area contributed by atoms with Gasteiger partial charge in [0.15, 0.2) is 0 Å². The quantitative estimate of drug-likeness (QED) is 0.302. The summed E-state index contributed by atoms with van der Waals surface area (Å²) in [5.41, 5.74) is 1.27. The Bertz CT molecular complexity index is 1010. The summed E-state index contributed by atoms with van der Waals surface area (Å²) in [5.74, 6) is 0.188. The number of amides is 2. The Morgan fingerprint density at radius 3 is 2.76 bits per heavy atom. The molecule has 1 aliphatic rings. The summed E-state index contributed by atoms with van der Waals surface area (Å²) < 4.78 is 6.64. The van der Waals surface area contributed by atoms with E-state index in [4.69, 9.17) is 4.74 Å². The van der Waals surface area contributed by atoms with E-state index in [1.807, 2.05) is 6.92 Å². The van der Waals surface area contributed by atoms with Crippen molar-refractivity contribution in [2.75, 3.05) is 6.54 Å². The molecule has 150 valence electrons. The van der Waals surface area contributed by atoms with Crippen molar-refractivity contribution in [3.8, 4) is 5.75 Å². The monoisotopic (exact) mass is 476 g/mol. The maximum Gasteiger partial charge on any atom is 0.293 e. The third-order valence-corrected chi connectivity index (χ3v) is 5.50. The second-order valence-electron chi connectivity index (χ2n) is 6.23. The Labute approximate surface area is 180 Å². The van der Waals surface area contributed by atoms with E-state index in [-0.39, 0.29) is 23.4 Å². The van der Waals surface area contributed by atoms with Gasteiger partial charge in [-0.1, -0.05) is 35.0 Å². The van der Waals surface area contributed by atoms with Crippen molar-refractivity contribution < 1.29 is 19.2 Å². The van der Waals surface area contributed by atoms with Gasteiger partial charge in [0.2, 0.25) is 0 Å². The Hall–Kier alpha value is -2.65. The standard InChI is InChI=1S/C20H17BrN2O5S/c1-2-8-22-19(24)18(29-20(22)25)11-14-10-15(21)6-7-17(14)28-12-13-4-3-5-16(9-13)23(26)27/h3-7,9-11H,2,8,12H2,1H3/b18-11+. The van der Waals surface area contributed by atoms with Gasteiger partial charge in [-0.2, -0.15) is 0 Å². The van der Waals surface area contributed by atoms with Crippen LogP contribution in [0.25, 0.3) is 6.08 Å². The summed E-state index contributed by atoms with van der Waals surface area (Å²) in [4.78, 5) is 36.6. The maximum atomic E-state index is 12.5. The molecule has 1 heterocycles. The molecule has 0 bridgehead atoms. The fourth-order valence-electron chi connectivity index (χ4n) is 2.74. The van der Waals surface area contributed by atoms with E-state index in [0.717, 1.165) is 16.2 Å². The first-order chi connectivity index (χ1) is 13.9. The number of carbonyl (C=O) groups is 2. The van der Waals surface area contributed by atoms with Crippen LogP contribution in [0, 0.1) is 10.1 Å². The van der Waals surface area contributed by atoms with Crippen LogP contribution in [0.4, 0.5) is 10.5 Å². The Morgan fingerprint density at radius 2 is 2.03 bits per heavy atom. The molecule has 0 radical (unpaired) electrons. The minimum Gasteiger partial charge on any atom is -0.488 e.